The Hall–Kier alpha value is -2.08. The van der Waals surface area contributed by atoms with Crippen molar-refractivity contribution in [1.82, 2.24) is 19.7 Å². The molecule has 0 radical (unpaired) electrons. The summed E-state index contributed by atoms with van der Waals surface area (Å²) >= 11 is 6.24. The highest BCUT2D eigenvalue weighted by atomic mass is 35.5. The van der Waals surface area contributed by atoms with Crippen molar-refractivity contribution >= 4 is 23.3 Å². The zero-order valence-corrected chi connectivity index (χ0v) is 13.6. The molecule has 0 spiro atoms. The molecule has 6 nitrogen and oxygen atoms in total. The molecule has 0 fully saturated rings. The molecule has 1 N–H and O–H groups in total. The van der Waals surface area contributed by atoms with Crippen molar-refractivity contribution in [3.05, 3.63) is 39.9 Å². The maximum absolute atomic E-state index is 12.5. The lowest BCUT2D eigenvalue weighted by Crippen LogP contribution is -2.41. The number of benzene rings is 1. The van der Waals surface area contributed by atoms with Gasteiger partial charge < -0.3 is 10.2 Å². The minimum atomic E-state index is -0.166. The number of aromatic nitrogens is 3. The predicted molar refractivity (Wildman–Crippen MR) is 85.1 cm³/mol. The van der Waals surface area contributed by atoms with E-state index in [0.29, 0.717) is 30.3 Å². The van der Waals surface area contributed by atoms with Crippen molar-refractivity contribution < 1.29 is 4.79 Å². The molecular weight excluding hydrogens is 302 g/mol. The molecule has 1 aromatic carbocycles. The van der Waals surface area contributed by atoms with Crippen LogP contribution in [0.3, 0.4) is 0 Å². The van der Waals surface area contributed by atoms with E-state index in [1.54, 1.807) is 4.90 Å². The lowest BCUT2D eigenvalue weighted by atomic mass is 10.1. The standard InChI is InChI=1S/C15H18ClN5O/c1-9-6-10(2)14(12(16)7-9)18-15(22)20-4-5-21-13(8-20)17-11(3)19-21/h6-7H,4-5,8H2,1-3H3,(H,18,22). The maximum Gasteiger partial charge on any atom is 0.322 e. The van der Waals surface area contributed by atoms with Crippen LogP contribution in [0, 0.1) is 20.8 Å². The molecule has 116 valence electrons. The smallest absolute Gasteiger partial charge is 0.315 e. The molecule has 0 saturated carbocycles. The molecule has 1 aliphatic heterocycles. The fourth-order valence-electron chi connectivity index (χ4n) is 2.69. The van der Waals surface area contributed by atoms with Crippen LogP contribution in [-0.2, 0) is 13.1 Å². The highest BCUT2D eigenvalue weighted by Gasteiger charge is 2.23. The summed E-state index contributed by atoms with van der Waals surface area (Å²) in [5, 5.41) is 7.76. The first-order valence-corrected chi connectivity index (χ1v) is 7.55. The first-order valence-electron chi connectivity index (χ1n) is 7.17. The molecule has 2 aromatic rings. The number of halogens is 1. The average molecular weight is 320 g/mol. The minimum absolute atomic E-state index is 0.166. The van der Waals surface area contributed by atoms with Gasteiger partial charge in [-0.2, -0.15) is 5.10 Å². The maximum atomic E-state index is 12.5. The average Bonchev–Trinajstić information content (AvgIpc) is 2.81. The second kappa shape index (κ2) is 5.61. The molecule has 22 heavy (non-hydrogen) atoms. The van der Waals surface area contributed by atoms with Gasteiger partial charge in [0.1, 0.15) is 11.6 Å². The van der Waals surface area contributed by atoms with Gasteiger partial charge in [-0.05, 0) is 38.0 Å². The van der Waals surface area contributed by atoms with E-state index in [1.165, 1.54) is 0 Å². The Morgan fingerprint density at radius 3 is 2.77 bits per heavy atom. The molecule has 1 aliphatic rings. The van der Waals surface area contributed by atoms with E-state index in [2.05, 4.69) is 15.4 Å². The van der Waals surface area contributed by atoms with Crippen LogP contribution in [0.4, 0.5) is 10.5 Å². The van der Waals surface area contributed by atoms with Gasteiger partial charge in [-0.25, -0.2) is 14.5 Å². The minimum Gasteiger partial charge on any atom is -0.315 e. The van der Waals surface area contributed by atoms with E-state index in [4.69, 9.17) is 11.6 Å². The van der Waals surface area contributed by atoms with Crippen LogP contribution >= 0.6 is 11.6 Å². The molecule has 0 atom stereocenters. The molecule has 2 amide bonds. The molecule has 0 bridgehead atoms. The number of nitrogens with zero attached hydrogens (tertiary/aromatic N) is 4. The predicted octanol–water partition coefficient (Wildman–Crippen LogP) is 2.90. The molecule has 7 heteroatoms. The Bertz CT molecular complexity index is 717. The summed E-state index contributed by atoms with van der Waals surface area (Å²) in [7, 11) is 0. The molecule has 1 aromatic heterocycles. The fourth-order valence-corrected chi connectivity index (χ4v) is 3.06. The van der Waals surface area contributed by atoms with E-state index in [0.717, 1.165) is 22.8 Å². The summed E-state index contributed by atoms with van der Waals surface area (Å²) in [6, 6.07) is 3.68. The first-order chi connectivity index (χ1) is 10.4. The van der Waals surface area contributed by atoms with E-state index < -0.39 is 0 Å². The molecule has 0 aliphatic carbocycles. The van der Waals surface area contributed by atoms with Gasteiger partial charge >= 0.3 is 6.03 Å². The lowest BCUT2D eigenvalue weighted by molar-refractivity contribution is 0.193. The van der Waals surface area contributed by atoms with E-state index in [1.807, 2.05) is 37.6 Å². The monoisotopic (exact) mass is 319 g/mol. The third kappa shape index (κ3) is 2.78. The Balaban J connectivity index is 1.76. The van der Waals surface area contributed by atoms with Crippen LogP contribution < -0.4 is 5.32 Å². The summed E-state index contributed by atoms with van der Waals surface area (Å²) in [5.41, 5.74) is 2.69. The van der Waals surface area contributed by atoms with Gasteiger partial charge in [-0.1, -0.05) is 17.7 Å². The van der Waals surface area contributed by atoms with Gasteiger partial charge in [0.05, 0.1) is 23.8 Å². The highest BCUT2D eigenvalue weighted by molar-refractivity contribution is 6.34. The van der Waals surface area contributed by atoms with Crippen LogP contribution in [0.1, 0.15) is 22.8 Å². The van der Waals surface area contributed by atoms with Crippen molar-refractivity contribution in [3.8, 4) is 0 Å². The van der Waals surface area contributed by atoms with Crippen molar-refractivity contribution in [3.63, 3.8) is 0 Å². The molecule has 0 saturated heterocycles. The number of urea groups is 1. The summed E-state index contributed by atoms with van der Waals surface area (Å²) in [6.07, 6.45) is 0. The third-order valence-electron chi connectivity index (χ3n) is 3.72. The van der Waals surface area contributed by atoms with Crippen molar-refractivity contribution in [2.75, 3.05) is 11.9 Å². The summed E-state index contributed by atoms with van der Waals surface area (Å²) in [5.74, 6) is 1.54. The highest BCUT2D eigenvalue weighted by Crippen LogP contribution is 2.27. The summed E-state index contributed by atoms with van der Waals surface area (Å²) in [6.45, 7) is 7.48. The van der Waals surface area contributed by atoms with Gasteiger partial charge in [0.15, 0.2) is 0 Å². The number of carbonyl (C=O) groups is 1. The van der Waals surface area contributed by atoms with Gasteiger partial charge in [-0.3, -0.25) is 0 Å². The van der Waals surface area contributed by atoms with Crippen LogP contribution in [0.5, 0.6) is 0 Å². The Kier molecular flexibility index (Phi) is 3.78. The quantitative estimate of drug-likeness (QED) is 0.879. The second-order valence-electron chi connectivity index (χ2n) is 5.59. The van der Waals surface area contributed by atoms with Gasteiger partial charge in [0.2, 0.25) is 0 Å². The number of hydrogen-bond donors (Lipinski definition) is 1. The number of rotatable bonds is 1. The fraction of sp³-hybridized carbons (Fsp3) is 0.400. The van der Waals surface area contributed by atoms with Gasteiger partial charge in [0.25, 0.3) is 0 Å². The van der Waals surface area contributed by atoms with Crippen LogP contribution in [0.25, 0.3) is 0 Å². The largest absolute Gasteiger partial charge is 0.322 e. The SMILES string of the molecule is Cc1cc(C)c(NC(=O)N2CCn3nc(C)nc3C2)c(Cl)c1. The number of hydrogen-bond acceptors (Lipinski definition) is 3. The Labute approximate surface area is 134 Å². The first kappa shape index (κ1) is 14.8. The van der Waals surface area contributed by atoms with E-state index >= 15 is 0 Å². The number of carbonyl (C=O) groups excluding carboxylic acids is 1. The van der Waals surface area contributed by atoms with Gasteiger partial charge in [0, 0.05) is 6.54 Å². The zero-order valence-electron chi connectivity index (χ0n) is 12.9. The van der Waals surface area contributed by atoms with E-state index in [9.17, 15) is 4.79 Å². The van der Waals surface area contributed by atoms with E-state index in [-0.39, 0.29) is 6.03 Å². The summed E-state index contributed by atoms with van der Waals surface area (Å²) < 4.78 is 1.85. The summed E-state index contributed by atoms with van der Waals surface area (Å²) in [4.78, 5) is 18.5. The third-order valence-corrected chi connectivity index (χ3v) is 4.02. The van der Waals surface area contributed by atoms with Crippen molar-refractivity contribution in [2.24, 2.45) is 0 Å². The number of anilines is 1. The van der Waals surface area contributed by atoms with Crippen LogP contribution in [0.2, 0.25) is 5.02 Å². The normalized spacial score (nSPS) is 13.9. The van der Waals surface area contributed by atoms with Crippen molar-refractivity contribution in [2.45, 2.75) is 33.9 Å². The molecular formula is C15H18ClN5O. The second-order valence-corrected chi connectivity index (χ2v) is 6.00. The zero-order chi connectivity index (χ0) is 15.9. The molecule has 3 rings (SSSR count). The lowest BCUT2D eigenvalue weighted by Gasteiger charge is -2.27. The van der Waals surface area contributed by atoms with Crippen LogP contribution in [0.15, 0.2) is 12.1 Å². The Morgan fingerprint density at radius 2 is 2.05 bits per heavy atom. The molecule has 0 unspecified atom stereocenters. The Morgan fingerprint density at radius 1 is 1.27 bits per heavy atom. The number of amides is 2. The van der Waals surface area contributed by atoms with Crippen LogP contribution in [-0.4, -0.2) is 32.2 Å². The number of aryl methyl sites for hydroxylation is 3. The number of nitrogens with one attached hydrogen (secondary N) is 1. The topological polar surface area (TPSA) is 63.1 Å². The van der Waals surface area contributed by atoms with Gasteiger partial charge in [-0.15, -0.1) is 0 Å². The van der Waals surface area contributed by atoms with Crippen molar-refractivity contribution in [1.29, 1.82) is 0 Å². The number of fused-ring (bicyclic) bond motifs is 1. The molecule has 2 heterocycles.